The average Bonchev–Trinajstić information content (AvgIpc) is 2.35. The van der Waals surface area contributed by atoms with Crippen molar-refractivity contribution in [3.63, 3.8) is 0 Å². The molecule has 0 saturated heterocycles. The quantitative estimate of drug-likeness (QED) is 0.564. The van der Waals surface area contributed by atoms with E-state index in [1.54, 1.807) is 12.3 Å². The molecule has 2 aromatic rings. The third kappa shape index (κ3) is 1.71. The Balaban J connectivity index is 2.70. The number of aromatic nitrogens is 1. The lowest BCUT2D eigenvalue weighted by Gasteiger charge is -2.02. The standard InChI is InChI=1S/C12H9N3O/c1-16-15-12(8-13)10-6-7-14-11-5-3-2-4-9(10)11/h2-7H,1H3. The number of hydrogen-bond donors (Lipinski definition) is 0. The molecule has 0 aliphatic rings. The van der Waals surface area contributed by atoms with Gasteiger partial charge in [0.15, 0.2) is 5.71 Å². The van der Waals surface area contributed by atoms with Crippen molar-refractivity contribution in [1.29, 1.82) is 5.26 Å². The van der Waals surface area contributed by atoms with Gasteiger partial charge in [-0.05, 0) is 12.1 Å². The van der Waals surface area contributed by atoms with Gasteiger partial charge in [0.05, 0.1) is 5.52 Å². The normalized spacial score (nSPS) is 11.1. The number of benzene rings is 1. The van der Waals surface area contributed by atoms with Crippen LogP contribution < -0.4 is 0 Å². The summed E-state index contributed by atoms with van der Waals surface area (Å²) in [6.45, 7) is 0. The van der Waals surface area contributed by atoms with Crippen LogP contribution in [0.25, 0.3) is 10.9 Å². The molecule has 78 valence electrons. The Kier molecular flexibility index (Phi) is 2.79. The van der Waals surface area contributed by atoms with Crippen LogP contribution in [0.15, 0.2) is 41.7 Å². The maximum absolute atomic E-state index is 8.99. The topological polar surface area (TPSA) is 58.3 Å². The molecule has 0 N–H and O–H groups in total. The molecule has 0 radical (unpaired) electrons. The fourth-order valence-corrected chi connectivity index (χ4v) is 1.52. The lowest BCUT2D eigenvalue weighted by molar-refractivity contribution is 0.214. The minimum Gasteiger partial charge on any atom is -0.398 e. The highest BCUT2D eigenvalue weighted by atomic mass is 16.6. The van der Waals surface area contributed by atoms with E-state index >= 15 is 0 Å². The Bertz CT molecular complexity index is 579. The zero-order valence-electron chi connectivity index (χ0n) is 8.71. The second kappa shape index (κ2) is 4.41. The van der Waals surface area contributed by atoms with Gasteiger partial charge in [-0.3, -0.25) is 4.98 Å². The molecule has 0 bridgehead atoms. The predicted molar refractivity (Wildman–Crippen MR) is 60.9 cm³/mol. The van der Waals surface area contributed by atoms with Gasteiger partial charge in [0.1, 0.15) is 13.2 Å². The monoisotopic (exact) mass is 211 g/mol. The smallest absolute Gasteiger partial charge is 0.187 e. The van der Waals surface area contributed by atoms with Gasteiger partial charge in [-0.1, -0.05) is 23.4 Å². The Morgan fingerprint density at radius 3 is 2.94 bits per heavy atom. The number of nitriles is 1. The SMILES string of the molecule is CON=C(C#N)c1ccnc2ccccc12. The molecule has 1 aromatic heterocycles. The van der Waals surface area contributed by atoms with Crippen molar-refractivity contribution < 1.29 is 4.84 Å². The molecule has 16 heavy (non-hydrogen) atoms. The number of hydrogen-bond acceptors (Lipinski definition) is 4. The minimum absolute atomic E-state index is 0.251. The first-order valence-electron chi connectivity index (χ1n) is 4.72. The van der Waals surface area contributed by atoms with Crippen LogP contribution in [-0.2, 0) is 4.84 Å². The summed E-state index contributed by atoms with van der Waals surface area (Å²) in [5.41, 5.74) is 1.81. The van der Waals surface area contributed by atoms with Crippen molar-refractivity contribution in [2.45, 2.75) is 0 Å². The van der Waals surface area contributed by atoms with E-state index in [-0.39, 0.29) is 5.71 Å². The van der Waals surface area contributed by atoms with Crippen LogP contribution in [0.3, 0.4) is 0 Å². The van der Waals surface area contributed by atoms with Crippen LogP contribution >= 0.6 is 0 Å². The van der Waals surface area contributed by atoms with Crippen LogP contribution in [0.2, 0.25) is 0 Å². The summed E-state index contributed by atoms with van der Waals surface area (Å²) in [7, 11) is 1.42. The molecule has 1 heterocycles. The van der Waals surface area contributed by atoms with E-state index in [0.717, 1.165) is 16.5 Å². The highest BCUT2D eigenvalue weighted by Gasteiger charge is 2.08. The highest BCUT2D eigenvalue weighted by Crippen LogP contribution is 2.16. The first-order valence-corrected chi connectivity index (χ1v) is 4.72. The molecule has 0 aliphatic carbocycles. The van der Waals surface area contributed by atoms with Gasteiger partial charge in [-0.25, -0.2) is 0 Å². The fourth-order valence-electron chi connectivity index (χ4n) is 1.52. The van der Waals surface area contributed by atoms with Crippen molar-refractivity contribution in [2.75, 3.05) is 7.11 Å². The molecule has 4 heteroatoms. The summed E-state index contributed by atoms with van der Waals surface area (Å²) in [5, 5.41) is 13.6. The van der Waals surface area contributed by atoms with Gasteiger partial charge < -0.3 is 4.84 Å². The minimum atomic E-state index is 0.251. The van der Waals surface area contributed by atoms with E-state index < -0.39 is 0 Å². The molecule has 0 unspecified atom stereocenters. The van der Waals surface area contributed by atoms with Gasteiger partial charge in [0.25, 0.3) is 0 Å². The second-order valence-electron chi connectivity index (χ2n) is 3.11. The molecule has 0 aliphatic heterocycles. The zero-order valence-corrected chi connectivity index (χ0v) is 8.71. The lowest BCUT2D eigenvalue weighted by Crippen LogP contribution is -1.99. The van der Waals surface area contributed by atoms with Crippen molar-refractivity contribution in [3.8, 4) is 6.07 Å². The summed E-state index contributed by atoms with van der Waals surface area (Å²) in [4.78, 5) is 8.86. The average molecular weight is 211 g/mol. The van der Waals surface area contributed by atoms with Gasteiger partial charge in [-0.15, -0.1) is 0 Å². The van der Waals surface area contributed by atoms with Gasteiger partial charge in [0, 0.05) is 17.1 Å². The Morgan fingerprint density at radius 2 is 2.19 bits per heavy atom. The highest BCUT2D eigenvalue weighted by molar-refractivity contribution is 6.17. The van der Waals surface area contributed by atoms with Crippen molar-refractivity contribution in [1.82, 2.24) is 4.98 Å². The number of fused-ring (bicyclic) bond motifs is 1. The number of pyridine rings is 1. The van der Waals surface area contributed by atoms with Crippen molar-refractivity contribution in [2.24, 2.45) is 5.16 Å². The number of para-hydroxylation sites is 1. The van der Waals surface area contributed by atoms with E-state index in [1.165, 1.54) is 7.11 Å². The predicted octanol–water partition coefficient (Wildman–Crippen LogP) is 2.11. The van der Waals surface area contributed by atoms with E-state index in [0.29, 0.717) is 0 Å². The maximum Gasteiger partial charge on any atom is 0.187 e. The lowest BCUT2D eigenvalue weighted by atomic mass is 10.1. The largest absolute Gasteiger partial charge is 0.398 e. The fraction of sp³-hybridized carbons (Fsp3) is 0.0833. The molecular weight excluding hydrogens is 202 g/mol. The van der Waals surface area contributed by atoms with Crippen LogP contribution in [0.5, 0.6) is 0 Å². The Labute approximate surface area is 92.8 Å². The van der Waals surface area contributed by atoms with Crippen LogP contribution in [-0.4, -0.2) is 17.8 Å². The van der Waals surface area contributed by atoms with Crippen LogP contribution in [0, 0.1) is 11.3 Å². The molecule has 0 amide bonds. The summed E-state index contributed by atoms with van der Waals surface area (Å²) in [5.74, 6) is 0. The molecule has 0 saturated carbocycles. The molecule has 2 rings (SSSR count). The van der Waals surface area contributed by atoms with E-state index in [4.69, 9.17) is 5.26 Å². The molecular formula is C12H9N3O. The first kappa shape index (κ1) is 10.1. The molecule has 1 aromatic carbocycles. The number of oxime groups is 1. The Hall–Kier alpha value is -2.41. The van der Waals surface area contributed by atoms with Gasteiger partial charge >= 0.3 is 0 Å². The summed E-state index contributed by atoms with van der Waals surface area (Å²) < 4.78 is 0. The first-order chi connectivity index (χ1) is 7.86. The van der Waals surface area contributed by atoms with Crippen LogP contribution in [0.4, 0.5) is 0 Å². The third-order valence-corrected chi connectivity index (χ3v) is 2.19. The van der Waals surface area contributed by atoms with Gasteiger partial charge in [-0.2, -0.15) is 5.26 Å². The second-order valence-corrected chi connectivity index (χ2v) is 3.11. The zero-order chi connectivity index (χ0) is 11.4. The van der Waals surface area contributed by atoms with Crippen molar-refractivity contribution >= 4 is 16.6 Å². The van der Waals surface area contributed by atoms with E-state index in [9.17, 15) is 0 Å². The Morgan fingerprint density at radius 1 is 1.38 bits per heavy atom. The number of nitrogens with zero attached hydrogens (tertiary/aromatic N) is 3. The third-order valence-electron chi connectivity index (χ3n) is 2.19. The summed E-state index contributed by atoms with van der Waals surface area (Å²) >= 11 is 0. The molecule has 4 nitrogen and oxygen atoms in total. The van der Waals surface area contributed by atoms with E-state index in [1.807, 2.05) is 30.3 Å². The molecule has 0 fully saturated rings. The number of rotatable bonds is 2. The van der Waals surface area contributed by atoms with E-state index in [2.05, 4.69) is 15.0 Å². The van der Waals surface area contributed by atoms with Crippen LogP contribution in [0.1, 0.15) is 5.56 Å². The molecule has 0 atom stereocenters. The maximum atomic E-state index is 8.99. The van der Waals surface area contributed by atoms with Gasteiger partial charge in [0.2, 0.25) is 0 Å². The summed E-state index contributed by atoms with van der Waals surface area (Å²) in [6, 6.07) is 11.4. The molecule has 0 spiro atoms. The van der Waals surface area contributed by atoms with Crippen molar-refractivity contribution in [3.05, 3.63) is 42.1 Å². The summed E-state index contributed by atoms with van der Waals surface area (Å²) in [6.07, 6.45) is 1.65.